The molecule has 108 valence electrons. The van der Waals surface area contributed by atoms with Crippen LogP contribution in [0.25, 0.3) is 0 Å². The predicted molar refractivity (Wildman–Crippen MR) is 80.5 cm³/mol. The molecule has 0 bridgehead atoms. The van der Waals surface area contributed by atoms with Gasteiger partial charge in [0.25, 0.3) is 0 Å². The Labute approximate surface area is 126 Å². The summed E-state index contributed by atoms with van der Waals surface area (Å²) in [6.07, 6.45) is 6.05. The molecule has 1 N–H and O–H groups in total. The van der Waals surface area contributed by atoms with Crippen molar-refractivity contribution < 1.29 is 5.11 Å². The Morgan fingerprint density at radius 3 is 2.47 bits per heavy atom. The first-order valence-corrected chi connectivity index (χ1v) is 8.10. The SMILES string of the molecule is CC1=C[C@@H]2C(C)(C)CCC[C@@]3(C)C(Cl)(Cl)[C@@]23C[C@@H]1O. The fourth-order valence-electron chi connectivity index (χ4n) is 5.12. The molecule has 0 radical (unpaired) electrons. The summed E-state index contributed by atoms with van der Waals surface area (Å²) in [6.45, 7) is 8.91. The van der Waals surface area contributed by atoms with Crippen LogP contribution in [-0.2, 0) is 0 Å². The van der Waals surface area contributed by atoms with Crippen LogP contribution in [0.15, 0.2) is 11.6 Å². The first-order chi connectivity index (χ1) is 8.60. The average Bonchev–Trinajstić information content (AvgIpc) is 2.67. The minimum Gasteiger partial charge on any atom is -0.389 e. The van der Waals surface area contributed by atoms with Gasteiger partial charge in [-0.1, -0.05) is 33.3 Å². The van der Waals surface area contributed by atoms with Gasteiger partial charge in [0.05, 0.1) is 6.10 Å². The van der Waals surface area contributed by atoms with Crippen LogP contribution < -0.4 is 0 Å². The number of hydrogen-bond donors (Lipinski definition) is 1. The zero-order valence-electron chi connectivity index (χ0n) is 12.3. The van der Waals surface area contributed by atoms with Crippen molar-refractivity contribution in [3.63, 3.8) is 0 Å². The van der Waals surface area contributed by atoms with Crippen LogP contribution in [0.5, 0.6) is 0 Å². The molecular formula is C16H24Cl2O. The van der Waals surface area contributed by atoms with Gasteiger partial charge < -0.3 is 5.11 Å². The Morgan fingerprint density at radius 2 is 1.84 bits per heavy atom. The van der Waals surface area contributed by atoms with Crippen LogP contribution in [0.3, 0.4) is 0 Å². The Kier molecular flexibility index (Phi) is 2.79. The van der Waals surface area contributed by atoms with E-state index >= 15 is 0 Å². The number of rotatable bonds is 0. The van der Waals surface area contributed by atoms with Gasteiger partial charge in [-0.15, -0.1) is 23.2 Å². The van der Waals surface area contributed by atoms with Crippen LogP contribution in [-0.4, -0.2) is 15.5 Å². The second kappa shape index (κ2) is 3.72. The van der Waals surface area contributed by atoms with Crippen molar-refractivity contribution in [2.24, 2.45) is 22.2 Å². The zero-order chi connectivity index (χ0) is 14.3. The number of aliphatic hydroxyl groups is 1. The summed E-state index contributed by atoms with van der Waals surface area (Å²) in [5.41, 5.74) is 1.08. The van der Waals surface area contributed by atoms with E-state index in [9.17, 15) is 5.11 Å². The van der Waals surface area contributed by atoms with Crippen molar-refractivity contribution in [3.8, 4) is 0 Å². The first kappa shape index (κ1) is 14.2. The summed E-state index contributed by atoms with van der Waals surface area (Å²) in [5, 5.41) is 10.3. The van der Waals surface area contributed by atoms with E-state index in [1.807, 2.05) is 6.92 Å². The standard InChI is InChI=1S/C16H24Cl2O/c1-10-8-12-13(2,3)6-5-7-14(4)15(12,9-11(10)19)16(14,17)18/h8,11-12,19H,5-7,9H2,1-4H3/t11-,12+,14+,15-/m0/s1. The van der Waals surface area contributed by atoms with Gasteiger partial charge in [-0.25, -0.2) is 0 Å². The van der Waals surface area contributed by atoms with E-state index in [4.69, 9.17) is 23.2 Å². The van der Waals surface area contributed by atoms with Crippen molar-refractivity contribution >= 4 is 23.2 Å². The summed E-state index contributed by atoms with van der Waals surface area (Å²) in [6, 6.07) is 0. The molecule has 1 nitrogen and oxygen atoms in total. The minimum atomic E-state index is -0.694. The summed E-state index contributed by atoms with van der Waals surface area (Å²) in [4.78, 5) is 0. The number of allylic oxidation sites excluding steroid dienone is 1. The van der Waals surface area contributed by atoms with E-state index in [0.717, 1.165) is 12.0 Å². The van der Waals surface area contributed by atoms with Crippen molar-refractivity contribution in [2.45, 2.75) is 63.8 Å². The number of hydrogen-bond acceptors (Lipinski definition) is 1. The molecule has 3 heteroatoms. The van der Waals surface area contributed by atoms with Crippen LogP contribution in [0.2, 0.25) is 0 Å². The highest BCUT2D eigenvalue weighted by atomic mass is 35.5. The van der Waals surface area contributed by atoms with Crippen LogP contribution in [0, 0.1) is 22.2 Å². The highest BCUT2D eigenvalue weighted by Gasteiger charge is 2.87. The molecule has 0 aromatic rings. The lowest BCUT2D eigenvalue weighted by Crippen LogP contribution is -2.40. The highest BCUT2D eigenvalue weighted by Crippen LogP contribution is 2.87. The van der Waals surface area contributed by atoms with E-state index < -0.39 is 4.33 Å². The van der Waals surface area contributed by atoms with E-state index in [1.54, 1.807) is 0 Å². The third-order valence-corrected chi connectivity index (χ3v) is 8.03. The van der Waals surface area contributed by atoms with Gasteiger partial charge in [0.2, 0.25) is 0 Å². The Balaban J connectivity index is 2.17. The molecule has 0 amide bonds. The minimum absolute atomic E-state index is 0.0558. The zero-order valence-corrected chi connectivity index (χ0v) is 13.8. The molecular weight excluding hydrogens is 279 g/mol. The predicted octanol–water partition coefficient (Wildman–Crippen LogP) is 4.70. The van der Waals surface area contributed by atoms with Gasteiger partial charge in [-0.05, 0) is 43.1 Å². The van der Waals surface area contributed by atoms with Crippen molar-refractivity contribution in [1.82, 2.24) is 0 Å². The number of alkyl halides is 2. The Morgan fingerprint density at radius 1 is 1.21 bits per heavy atom. The van der Waals surface area contributed by atoms with Crippen molar-refractivity contribution in [1.29, 1.82) is 0 Å². The molecule has 2 fully saturated rings. The number of halogens is 2. The molecule has 0 aromatic carbocycles. The molecule has 0 aromatic heterocycles. The summed E-state index contributed by atoms with van der Waals surface area (Å²) in [7, 11) is 0. The van der Waals surface area contributed by atoms with Crippen molar-refractivity contribution in [3.05, 3.63) is 11.6 Å². The molecule has 0 unspecified atom stereocenters. The van der Waals surface area contributed by atoms with Gasteiger partial charge in [0.15, 0.2) is 0 Å². The second-order valence-corrected chi connectivity index (χ2v) is 9.16. The smallest absolute Gasteiger partial charge is 0.131 e. The van der Waals surface area contributed by atoms with E-state index in [1.165, 1.54) is 12.8 Å². The molecule has 2 saturated carbocycles. The van der Waals surface area contributed by atoms with Gasteiger partial charge in [0, 0.05) is 10.8 Å². The second-order valence-electron chi connectivity index (χ2n) is 7.83. The molecule has 19 heavy (non-hydrogen) atoms. The molecule has 3 rings (SSSR count). The van der Waals surface area contributed by atoms with E-state index in [2.05, 4.69) is 26.8 Å². The van der Waals surface area contributed by atoms with E-state index in [-0.39, 0.29) is 22.3 Å². The molecule has 3 aliphatic rings. The molecule has 1 spiro atoms. The summed E-state index contributed by atoms with van der Waals surface area (Å²) >= 11 is 13.5. The lowest BCUT2D eigenvalue weighted by Gasteiger charge is -2.43. The third kappa shape index (κ3) is 1.43. The molecule has 0 saturated heterocycles. The maximum atomic E-state index is 10.3. The van der Waals surface area contributed by atoms with Crippen molar-refractivity contribution in [2.75, 3.05) is 0 Å². The summed E-state index contributed by atoms with van der Waals surface area (Å²) < 4.78 is -0.694. The normalized spacial score (nSPS) is 50.6. The Hall–Kier alpha value is 0.280. The van der Waals surface area contributed by atoms with Gasteiger partial charge >= 0.3 is 0 Å². The topological polar surface area (TPSA) is 20.2 Å². The summed E-state index contributed by atoms with van der Waals surface area (Å²) in [5.74, 6) is 0.367. The van der Waals surface area contributed by atoms with Crippen LogP contribution >= 0.6 is 23.2 Å². The fourth-order valence-corrected chi connectivity index (χ4v) is 6.36. The van der Waals surface area contributed by atoms with Gasteiger partial charge in [-0.2, -0.15) is 0 Å². The van der Waals surface area contributed by atoms with Gasteiger partial charge in [0.1, 0.15) is 4.33 Å². The lowest BCUT2D eigenvalue weighted by atomic mass is 9.62. The quantitative estimate of drug-likeness (QED) is 0.508. The highest BCUT2D eigenvalue weighted by molar-refractivity contribution is 6.52. The molecule has 0 heterocycles. The molecule has 0 aliphatic heterocycles. The first-order valence-electron chi connectivity index (χ1n) is 7.34. The fraction of sp³-hybridized carbons (Fsp3) is 0.875. The number of aliphatic hydroxyl groups excluding tert-OH is 1. The van der Waals surface area contributed by atoms with Crippen LogP contribution in [0.4, 0.5) is 0 Å². The third-order valence-electron chi connectivity index (χ3n) is 6.52. The monoisotopic (exact) mass is 302 g/mol. The maximum absolute atomic E-state index is 10.3. The largest absolute Gasteiger partial charge is 0.389 e. The lowest BCUT2D eigenvalue weighted by molar-refractivity contribution is 0.0675. The van der Waals surface area contributed by atoms with Crippen LogP contribution in [0.1, 0.15) is 53.4 Å². The maximum Gasteiger partial charge on any atom is 0.131 e. The van der Waals surface area contributed by atoms with E-state index in [0.29, 0.717) is 12.3 Å². The Bertz CT molecular complexity index is 454. The molecule has 4 atom stereocenters. The average molecular weight is 303 g/mol. The van der Waals surface area contributed by atoms with Gasteiger partial charge in [-0.3, -0.25) is 0 Å². The molecule has 3 aliphatic carbocycles.